The lowest BCUT2D eigenvalue weighted by molar-refractivity contribution is 0.0765. The van der Waals surface area contributed by atoms with E-state index < -0.39 is 12.2 Å². The first-order chi connectivity index (χ1) is 12.5. The van der Waals surface area contributed by atoms with E-state index in [2.05, 4.69) is 14.5 Å². The molecule has 3 atom stereocenters. The second kappa shape index (κ2) is 6.51. The van der Waals surface area contributed by atoms with E-state index in [4.69, 9.17) is 0 Å². The number of hydrogen-bond acceptors (Lipinski definition) is 5. The molecule has 26 heavy (non-hydrogen) atoms. The number of aromatic nitrogens is 3. The molecule has 7 nitrogen and oxygen atoms in total. The fraction of sp³-hybridized carbons (Fsp3) is 0.500. The number of amides is 1. The Morgan fingerprint density at radius 2 is 2.27 bits per heavy atom. The van der Waals surface area contributed by atoms with Crippen LogP contribution in [0.5, 0.6) is 0 Å². The Morgan fingerprint density at radius 1 is 1.46 bits per heavy atom. The number of hydrogen-bond donors (Lipinski definition) is 2. The van der Waals surface area contributed by atoms with Crippen molar-refractivity contribution in [1.29, 1.82) is 0 Å². The summed E-state index contributed by atoms with van der Waals surface area (Å²) in [5.41, 5.74) is 2.61. The predicted octanol–water partition coefficient (Wildman–Crippen LogP) is 3.79. The molecule has 1 saturated heterocycles. The molecule has 0 bridgehead atoms. The summed E-state index contributed by atoms with van der Waals surface area (Å²) in [5.74, 6) is 0.582. The number of thiophene rings is 1. The number of pyridine rings is 1. The van der Waals surface area contributed by atoms with Crippen molar-refractivity contribution in [2.75, 3.05) is 6.54 Å². The minimum absolute atomic E-state index is 0.0489. The number of rotatable bonds is 3. The van der Waals surface area contributed by atoms with Crippen molar-refractivity contribution in [1.82, 2.24) is 19.4 Å². The second-order valence-electron chi connectivity index (χ2n) is 6.80. The summed E-state index contributed by atoms with van der Waals surface area (Å²) < 4.78 is 3.12. The molecule has 0 aromatic carbocycles. The van der Waals surface area contributed by atoms with Gasteiger partial charge < -0.3 is 19.7 Å². The lowest BCUT2D eigenvalue weighted by Crippen LogP contribution is -2.48. The van der Waals surface area contributed by atoms with Crippen LogP contribution in [0, 0.1) is 0 Å². The van der Waals surface area contributed by atoms with Crippen molar-refractivity contribution >= 4 is 38.7 Å². The van der Waals surface area contributed by atoms with E-state index in [1.165, 1.54) is 0 Å². The first-order valence-corrected chi connectivity index (χ1v) is 9.82. The summed E-state index contributed by atoms with van der Waals surface area (Å²) in [4.78, 5) is 22.4. The maximum absolute atomic E-state index is 11.7. The number of likely N-dealkylation sites (tertiary alicyclic amines) is 1. The molecule has 0 aliphatic carbocycles. The molecule has 4 heterocycles. The van der Waals surface area contributed by atoms with E-state index in [0.29, 0.717) is 18.8 Å². The fourth-order valence-electron chi connectivity index (χ4n) is 4.19. The number of carbonyl (C=O) groups is 1. The molecular formula is C18H22N4O3S. The Hall–Kier alpha value is -2.19. The van der Waals surface area contributed by atoms with Crippen LogP contribution in [0.4, 0.5) is 4.79 Å². The Kier molecular flexibility index (Phi) is 4.32. The van der Waals surface area contributed by atoms with Crippen LogP contribution in [0.2, 0.25) is 0 Å². The van der Waals surface area contributed by atoms with Gasteiger partial charge in [0.15, 0.2) is 0 Å². The summed E-state index contributed by atoms with van der Waals surface area (Å²) in [6.07, 6.45) is 2.50. The summed E-state index contributed by atoms with van der Waals surface area (Å²) in [7, 11) is 0. The zero-order valence-corrected chi connectivity index (χ0v) is 15.6. The molecule has 1 unspecified atom stereocenters. The van der Waals surface area contributed by atoms with E-state index in [1.54, 1.807) is 29.4 Å². The van der Waals surface area contributed by atoms with Crippen molar-refractivity contribution in [3.05, 3.63) is 23.5 Å². The summed E-state index contributed by atoms with van der Waals surface area (Å²) >= 11 is 1.60. The van der Waals surface area contributed by atoms with Crippen molar-refractivity contribution in [3.8, 4) is 0 Å². The van der Waals surface area contributed by atoms with Crippen LogP contribution in [0.1, 0.15) is 51.1 Å². The summed E-state index contributed by atoms with van der Waals surface area (Å²) in [6.45, 7) is 4.27. The van der Waals surface area contributed by atoms with Crippen molar-refractivity contribution < 1.29 is 15.0 Å². The molecule has 4 rings (SSSR count). The predicted molar refractivity (Wildman–Crippen MR) is 101 cm³/mol. The van der Waals surface area contributed by atoms with E-state index >= 15 is 0 Å². The highest BCUT2D eigenvalue weighted by Crippen LogP contribution is 2.38. The summed E-state index contributed by atoms with van der Waals surface area (Å²) in [6, 6.07) is 1.78. The smallest absolute Gasteiger partial charge is 0.407 e. The lowest BCUT2D eigenvalue weighted by atomic mass is 9.93. The van der Waals surface area contributed by atoms with E-state index in [-0.39, 0.29) is 12.1 Å². The molecule has 0 radical (unpaired) electrons. The number of fused-ring (bicyclic) bond motifs is 3. The number of piperidine rings is 1. The maximum atomic E-state index is 11.7. The lowest BCUT2D eigenvalue weighted by Gasteiger charge is -2.40. The zero-order valence-electron chi connectivity index (χ0n) is 14.8. The van der Waals surface area contributed by atoms with Gasteiger partial charge in [0.25, 0.3) is 0 Å². The molecule has 0 saturated carbocycles. The van der Waals surface area contributed by atoms with E-state index in [9.17, 15) is 15.0 Å². The first-order valence-electron chi connectivity index (χ1n) is 8.94. The molecular weight excluding hydrogens is 352 g/mol. The van der Waals surface area contributed by atoms with Crippen LogP contribution in [-0.2, 0) is 0 Å². The molecule has 138 valence electrons. The van der Waals surface area contributed by atoms with Crippen molar-refractivity contribution in [2.24, 2.45) is 0 Å². The van der Waals surface area contributed by atoms with Gasteiger partial charge >= 0.3 is 6.09 Å². The van der Waals surface area contributed by atoms with Gasteiger partial charge in [-0.3, -0.25) is 4.98 Å². The molecule has 3 aromatic heterocycles. The van der Waals surface area contributed by atoms with Gasteiger partial charge in [-0.05, 0) is 37.6 Å². The molecule has 1 aliphatic heterocycles. The Labute approximate surface area is 154 Å². The topological polar surface area (TPSA) is 91.5 Å². The highest BCUT2D eigenvalue weighted by Gasteiger charge is 2.37. The number of nitrogens with zero attached hydrogens (tertiary/aromatic N) is 4. The number of imidazole rings is 1. The van der Waals surface area contributed by atoms with Gasteiger partial charge in [0.05, 0.1) is 34.0 Å². The van der Waals surface area contributed by atoms with Crippen molar-refractivity contribution in [2.45, 2.75) is 51.3 Å². The van der Waals surface area contributed by atoms with Crippen LogP contribution in [0.15, 0.2) is 17.6 Å². The first kappa shape index (κ1) is 17.2. The Morgan fingerprint density at radius 3 is 2.96 bits per heavy atom. The highest BCUT2D eigenvalue weighted by atomic mass is 32.1. The molecule has 1 aliphatic rings. The molecule has 8 heteroatoms. The third-order valence-corrected chi connectivity index (χ3v) is 6.17. The average Bonchev–Trinajstić information content (AvgIpc) is 3.24. The van der Waals surface area contributed by atoms with Gasteiger partial charge in [0, 0.05) is 6.54 Å². The normalized spacial score (nSPS) is 22.2. The SMILES string of the molecule is CCC1[C@@H](n2c([C@@H](C)O)nc3cnc4ccsc4c32)CCCN1C(=O)O. The van der Waals surface area contributed by atoms with Gasteiger partial charge in [0.1, 0.15) is 17.4 Å². The third kappa shape index (κ3) is 2.55. The largest absolute Gasteiger partial charge is 0.465 e. The molecule has 1 fully saturated rings. The molecule has 2 N–H and O–H groups in total. The Bertz CT molecular complexity index is 964. The van der Waals surface area contributed by atoms with Gasteiger partial charge in [-0.15, -0.1) is 11.3 Å². The van der Waals surface area contributed by atoms with Gasteiger partial charge in [0.2, 0.25) is 0 Å². The molecule has 3 aromatic rings. The van der Waals surface area contributed by atoms with Crippen LogP contribution >= 0.6 is 11.3 Å². The fourth-order valence-corrected chi connectivity index (χ4v) is 5.08. The zero-order chi connectivity index (χ0) is 18.4. The molecule has 1 amide bonds. The minimum atomic E-state index is -0.882. The average molecular weight is 374 g/mol. The quantitative estimate of drug-likeness (QED) is 0.728. The van der Waals surface area contributed by atoms with Crippen LogP contribution in [0.25, 0.3) is 21.3 Å². The minimum Gasteiger partial charge on any atom is -0.465 e. The van der Waals surface area contributed by atoms with E-state index in [0.717, 1.165) is 34.1 Å². The maximum Gasteiger partial charge on any atom is 0.407 e. The Balaban J connectivity index is 1.97. The number of aliphatic hydroxyl groups is 1. The van der Waals surface area contributed by atoms with Gasteiger partial charge in [-0.1, -0.05) is 6.92 Å². The highest BCUT2D eigenvalue weighted by molar-refractivity contribution is 7.18. The number of carboxylic acid groups (broad SMARTS) is 1. The van der Waals surface area contributed by atoms with Crippen LogP contribution < -0.4 is 0 Å². The number of aliphatic hydroxyl groups excluding tert-OH is 1. The van der Waals surface area contributed by atoms with Gasteiger partial charge in [-0.25, -0.2) is 9.78 Å². The van der Waals surface area contributed by atoms with Gasteiger partial charge in [-0.2, -0.15) is 0 Å². The monoisotopic (exact) mass is 374 g/mol. The second-order valence-corrected chi connectivity index (χ2v) is 7.72. The third-order valence-electron chi connectivity index (χ3n) is 5.26. The van der Waals surface area contributed by atoms with Crippen molar-refractivity contribution in [3.63, 3.8) is 0 Å². The summed E-state index contributed by atoms with van der Waals surface area (Å²) in [5, 5.41) is 22.0. The van der Waals surface area contributed by atoms with E-state index in [1.807, 2.05) is 18.4 Å². The standard InChI is InChI=1S/C18H22N4O3S/c1-3-13-14(5-4-7-21(13)18(24)25)22-15-12(20-17(22)10(2)23)9-19-11-6-8-26-16(11)15/h6,8-10,13-14,23H,3-5,7H2,1-2H3,(H,24,25)/t10-,13?,14+/m1/s1. The molecule has 0 spiro atoms. The van der Waals surface area contributed by atoms with Crippen LogP contribution in [-0.4, -0.2) is 48.3 Å². The van der Waals surface area contributed by atoms with Crippen LogP contribution in [0.3, 0.4) is 0 Å².